The Bertz CT molecular complexity index is 513. The van der Waals surface area contributed by atoms with Crippen LogP contribution in [0, 0.1) is 5.92 Å². The van der Waals surface area contributed by atoms with E-state index < -0.39 is 0 Å². The second kappa shape index (κ2) is 6.09. The van der Waals surface area contributed by atoms with Crippen molar-refractivity contribution in [3.63, 3.8) is 0 Å². The largest absolute Gasteiger partial charge is 0.444 e. The molecule has 0 unspecified atom stereocenters. The number of oxazole rings is 1. The molecule has 0 aliphatic carbocycles. The highest BCUT2D eigenvalue weighted by Crippen LogP contribution is 2.22. The first kappa shape index (κ1) is 13.2. The van der Waals surface area contributed by atoms with E-state index in [-0.39, 0.29) is 0 Å². The van der Waals surface area contributed by atoms with Crippen molar-refractivity contribution in [2.45, 2.75) is 12.8 Å². The van der Waals surface area contributed by atoms with Gasteiger partial charge in [0.05, 0.1) is 6.20 Å². The van der Waals surface area contributed by atoms with Crippen LogP contribution in [0.25, 0.3) is 11.3 Å². The van der Waals surface area contributed by atoms with Gasteiger partial charge in [0.15, 0.2) is 12.2 Å². The topological polar surface area (TPSA) is 41.3 Å². The van der Waals surface area contributed by atoms with Crippen LogP contribution in [0.5, 0.6) is 0 Å². The summed E-state index contributed by atoms with van der Waals surface area (Å²) in [5, 5.41) is 3.54. The fourth-order valence-electron chi connectivity index (χ4n) is 2.64. The third-order valence-corrected chi connectivity index (χ3v) is 4.03. The second-order valence-corrected chi connectivity index (χ2v) is 5.57. The van der Waals surface area contributed by atoms with Crippen molar-refractivity contribution < 1.29 is 4.42 Å². The molecule has 0 bridgehead atoms. The number of nitrogens with one attached hydrogen (secondary N) is 1. The fourth-order valence-corrected chi connectivity index (χ4v) is 2.64. The van der Waals surface area contributed by atoms with E-state index in [0.717, 1.165) is 23.8 Å². The first-order valence-corrected chi connectivity index (χ1v) is 7.22. The Labute approximate surface area is 119 Å². The van der Waals surface area contributed by atoms with Crippen molar-refractivity contribution in [1.82, 2.24) is 9.88 Å². The van der Waals surface area contributed by atoms with Gasteiger partial charge in [0, 0.05) is 17.8 Å². The molecule has 2 aromatic rings. The van der Waals surface area contributed by atoms with Gasteiger partial charge in [-0.15, -0.1) is 0 Å². The monoisotopic (exact) mass is 271 g/mol. The minimum absolute atomic E-state index is 0.792. The van der Waals surface area contributed by atoms with Crippen molar-refractivity contribution in [2.75, 3.05) is 32.0 Å². The molecule has 2 heterocycles. The van der Waals surface area contributed by atoms with Gasteiger partial charge in [-0.2, -0.15) is 0 Å². The molecule has 20 heavy (non-hydrogen) atoms. The number of likely N-dealkylation sites (tertiary alicyclic amines) is 1. The molecule has 1 aliphatic rings. The molecule has 0 amide bonds. The van der Waals surface area contributed by atoms with Crippen LogP contribution in [0.1, 0.15) is 12.8 Å². The van der Waals surface area contributed by atoms with Gasteiger partial charge in [-0.25, -0.2) is 4.98 Å². The molecule has 1 aromatic heterocycles. The molecule has 106 valence electrons. The number of aromatic nitrogens is 1. The Morgan fingerprint density at radius 2 is 2.00 bits per heavy atom. The first-order chi connectivity index (χ1) is 9.81. The summed E-state index contributed by atoms with van der Waals surface area (Å²) in [5.41, 5.74) is 2.24. The average molecular weight is 271 g/mol. The Kier molecular flexibility index (Phi) is 4.02. The predicted molar refractivity (Wildman–Crippen MR) is 80.6 cm³/mol. The van der Waals surface area contributed by atoms with Crippen LogP contribution < -0.4 is 5.32 Å². The number of rotatable bonds is 4. The molecule has 0 radical (unpaired) electrons. The van der Waals surface area contributed by atoms with Gasteiger partial charge in [-0.05, 0) is 63.2 Å². The van der Waals surface area contributed by atoms with Crippen molar-refractivity contribution in [3.05, 3.63) is 36.9 Å². The molecule has 4 nitrogen and oxygen atoms in total. The van der Waals surface area contributed by atoms with Gasteiger partial charge < -0.3 is 14.6 Å². The quantitative estimate of drug-likeness (QED) is 0.927. The van der Waals surface area contributed by atoms with Gasteiger partial charge in [-0.1, -0.05) is 0 Å². The van der Waals surface area contributed by atoms with Crippen molar-refractivity contribution in [3.8, 4) is 11.3 Å². The van der Waals surface area contributed by atoms with Gasteiger partial charge in [-0.3, -0.25) is 0 Å². The van der Waals surface area contributed by atoms with Crippen LogP contribution in [-0.4, -0.2) is 36.6 Å². The lowest BCUT2D eigenvalue weighted by molar-refractivity contribution is 0.226. The van der Waals surface area contributed by atoms with Crippen molar-refractivity contribution >= 4 is 5.69 Å². The van der Waals surface area contributed by atoms with E-state index in [9.17, 15) is 0 Å². The van der Waals surface area contributed by atoms with Crippen LogP contribution in [-0.2, 0) is 0 Å². The van der Waals surface area contributed by atoms with Crippen molar-refractivity contribution in [2.24, 2.45) is 5.92 Å². The summed E-state index contributed by atoms with van der Waals surface area (Å²) in [6, 6.07) is 8.34. The van der Waals surface area contributed by atoms with Crippen LogP contribution in [0.4, 0.5) is 5.69 Å². The minimum atomic E-state index is 0.792. The molecule has 3 rings (SSSR count). The number of nitrogens with zero attached hydrogens (tertiary/aromatic N) is 2. The van der Waals surface area contributed by atoms with E-state index in [1.165, 1.54) is 38.0 Å². The molecule has 1 aromatic carbocycles. The summed E-state index contributed by atoms with van der Waals surface area (Å²) >= 11 is 0. The number of hydrogen-bond acceptors (Lipinski definition) is 4. The van der Waals surface area contributed by atoms with Gasteiger partial charge in [0.25, 0.3) is 0 Å². The van der Waals surface area contributed by atoms with Crippen LogP contribution >= 0.6 is 0 Å². The SMILES string of the molecule is CN1CCC(CNc2ccc(-c3cnco3)cc2)CC1. The molecule has 0 saturated carbocycles. The maximum absolute atomic E-state index is 5.29. The molecule has 0 spiro atoms. The molecular weight excluding hydrogens is 250 g/mol. The minimum Gasteiger partial charge on any atom is -0.444 e. The van der Waals surface area contributed by atoms with E-state index >= 15 is 0 Å². The highest BCUT2D eigenvalue weighted by atomic mass is 16.3. The highest BCUT2D eigenvalue weighted by molar-refractivity contribution is 5.60. The lowest BCUT2D eigenvalue weighted by Gasteiger charge is -2.29. The predicted octanol–water partition coefficient (Wildman–Crippen LogP) is 3.10. The van der Waals surface area contributed by atoms with Gasteiger partial charge in [0.2, 0.25) is 0 Å². The zero-order valence-corrected chi connectivity index (χ0v) is 11.9. The first-order valence-electron chi connectivity index (χ1n) is 7.22. The molecule has 4 heteroatoms. The zero-order chi connectivity index (χ0) is 13.8. The summed E-state index contributed by atoms with van der Waals surface area (Å²) in [5.74, 6) is 1.60. The summed E-state index contributed by atoms with van der Waals surface area (Å²) < 4.78 is 5.29. The van der Waals surface area contributed by atoms with E-state index in [4.69, 9.17) is 4.42 Å². The molecule has 1 saturated heterocycles. The molecular formula is C16H21N3O. The molecule has 1 N–H and O–H groups in total. The zero-order valence-electron chi connectivity index (χ0n) is 11.9. The van der Waals surface area contributed by atoms with Crippen LogP contribution in [0.15, 0.2) is 41.3 Å². The Morgan fingerprint density at radius 3 is 2.65 bits per heavy atom. The molecule has 0 atom stereocenters. The second-order valence-electron chi connectivity index (χ2n) is 5.57. The summed E-state index contributed by atoms with van der Waals surface area (Å²) in [4.78, 5) is 6.34. The number of piperidine rings is 1. The highest BCUT2D eigenvalue weighted by Gasteiger charge is 2.16. The lowest BCUT2D eigenvalue weighted by atomic mass is 9.97. The Morgan fingerprint density at radius 1 is 1.25 bits per heavy atom. The summed E-state index contributed by atoms with van der Waals surface area (Å²) in [6.45, 7) is 3.50. The van der Waals surface area contributed by atoms with E-state index in [1.807, 2.05) is 0 Å². The average Bonchev–Trinajstić information content (AvgIpc) is 3.01. The summed E-state index contributed by atoms with van der Waals surface area (Å²) in [7, 11) is 2.20. The van der Waals surface area contributed by atoms with Crippen LogP contribution in [0.3, 0.4) is 0 Å². The smallest absolute Gasteiger partial charge is 0.181 e. The maximum Gasteiger partial charge on any atom is 0.181 e. The van der Waals surface area contributed by atoms with E-state index in [2.05, 4.69) is 46.5 Å². The van der Waals surface area contributed by atoms with E-state index in [0.29, 0.717) is 0 Å². The maximum atomic E-state index is 5.29. The van der Waals surface area contributed by atoms with E-state index in [1.54, 1.807) is 6.20 Å². The van der Waals surface area contributed by atoms with Gasteiger partial charge >= 0.3 is 0 Å². The van der Waals surface area contributed by atoms with Crippen molar-refractivity contribution in [1.29, 1.82) is 0 Å². The molecule has 1 fully saturated rings. The lowest BCUT2D eigenvalue weighted by Crippen LogP contribution is -2.32. The number of benzene rings is 1. The Hall–Kier alpha value is -1.81. The summed E-state index contributed by atoms with van der Waals surface area (Å²) in [6.07, 6.45) is 5.78. The fraction of sp³-hybridized carbons (Fsp3) is 0.438. The molecule has 1 aliphatic heterocycles. The standard InChI is InChI=1S/C16H21N3O/c1-19-8-6-13(7-9-19)10-18-15-4-2-14(3-5-15)16-11-17-12-20-16/h2-5,11-13,18H,6-10H2,1H3. The van der Waals surface area contributed by atoms with Gasteiger partial charge in [0.1, 0.15) is 0 Å². The Balaban J connectivity index is 1.53. The third-order valence-electron chi connectivity index (χ3n) is 4.03. The van der Waals surface area contributed by atoms with Crippen LogP contribution in [0.2, 0.25) is 0 Å². The number of hydrogen-bond donors (Lipinski definition) is 1. The normalized spacial score (nSPS) is 17.2. The third kappa shape index (κ3) is 3.20. The number of anilines is 1.